The number of aryl methyl sites for hydroxylation is 2. The third kappa shape index (κ3) is 5.79. The van der Waals surface area contributed by atoms with Gasteiger partial charge in [0.1, 0.15) is 16.1 Å². The van der Waals surface area contributed by atoms with E-state index >= 15 is 0 Å². The van der Waals surface area contributed by atoms with Gasteiger partial charge in [0.05, 0.1) is 17.7 Å². The number of carbonyl (C=O) groups is 2. The second-order valence-corrected chi connectivity index (χ2v) is 11.9. The zero-order valence-corrected chi connectivity index (χ0v) is 23.2. The van der Waals surface area contributed by atoms with Gasteiger partial charge in [0, 0.05) is 22.7 Å². The van der Waals surface area contributed by atoms with E-state index < -0.39 is 0 Å². The smallest absolute Gasteiger partial charge is 0.341 e. The van der Waals surface area contributed by atoms with Crippen LogP contribution in [-0.4, -0.2) is 29.2 Å². The van der Waals surface area contributed by atoms with E-state index in [0.717, 1.165) is 61.1 Å². The lowest BCUT2D eigenvalue weighted by atomic mass is 9.83. The lowest BCUT2D eigenvalue weighted by molar-refractivity contribution is -0.115. The first-order chi connectivity index (χ1) is 18.6. The van der Waals surface area contributed by atoms with E-state index in [-0.39, 0.29) is 24.9 Å². The van der Waals surface area contributed by atoms with Gasteiger partial charge >= 0.3 is 5.97 Å². The highest BCUT2D eigenvalue weighted by molar-refractivity contribution is 7.99. The molecule has 1 amide bonds. The van der Waals surface area contributed by atoms with E-state index in [1.807, 2.05) is 12.1 Å². The van der Waals surface area contributed by atoms with Crippen LogP contribution in [0.15, 0.2) is 41.4 Å². The number of thioether (sulfide) groups is 1. The zero-order valence-electron chi connectivity index (χ0n) is 21.5. The summed E-state index contributed by atoms with van der Waals surface area (Å²) in [5.41, 5.74) is 5.68. The molecule has 2 aromatic heterocycles. The number of pyridine rings is 1. The summed E-state index contributed by atoms with van der Waals surface area (Å²) < 4.78 is 5.37. The number of nitrogens with one attached hydrogen (secondary N) is 1. The van der Waals surface area contributed by atoms with Crippen LogP contribution in [0, 0.1) is 11.3 Å². The standard InChI is InChI=1S/C30H31N3O3S2/c1-2-36-30(35)27-23-13-12-20(19-8-4-3-5-9-19)17-25(23)38-29(27)33-26(34)14-15-37-28-22(18-31)16-21-10-6-7-11-24(21)32-28/h3-5,8-9,16,20H,2,6-7,10-15,17H2,1H3,(H,33,34). The van der Waals surface area contributed by atoms with Gasteiger partial charge in [-0.05, 0) is 80.5 Å². The Kier molecular flexibility index (Phi) is 8.45. The number of hydrogen-bond donors (Lipinski definition) is 1. The number of fused-ring (bicyclic) bond motifs is 2. The fourth-order valence-corrected chi connectivity index (χ4v) is 7.58. The number of carbonyl (C=O) groups excluding carboxylic acids is 2. The molecule has 0 saturated heterocycles. The van der Waals surface area contributed by atoms with E-state index in [9.17, 15) is 14.9 Å². The Hall–Kier alpha value is -3.15. The number of rotatable bonds is 8. The van der Waals surface area contributed by atoms with Crippen molar-refractivity contribution in [3.63, 3.8) is 0 Å². The maximum Gasteiger partial charge on any atom is 0.341 e. The van der Waals surface area contributed by atoms with Gasteiger partial charge < -0.3 is 10.1 Å². The van der Waals surface area contributed by atoms with Gasteiger partial charge in [-0.3, -0.25) is 4.79 Å². The average molecular weight is 546 g/mol. The van der Waals surface area contributed by atoms with Crippen LogP contribution in [0.25, 0.3) is 0 Å². The highest BCUT2D eigenvalue weighted by Crippen LogP contribution is 2.43. The summed E-state index contributed by atoms with van der Waals surface area (Å²) in [4.78, 5) is 31.8. The molecule has 5 rings (SSSR count). The van der Waals surface area contributed by atoms with E-state index in [2.05, 4.69) is 35.7 Å². The molecule has 2 aliphatic carbocycles. The SMILES string of the molecule is CCOC(=O)c1c(NC(=O)CCSc2nc3c(cc2C#N)CCCC3)sc2c1CCC(c1ccccc1)C2. The maximum atomic E-state index is 13.0. The van der Waals surface area contributed by atoms with Gasteiger partial charge in [-0.15, -0.1) is 23.1 Å². The Balaban J connectivity index is 1.28. The largest absolute Gasteiger partial charge is 0.462 e. The number of aromatic nitrogens is 1. The van der Waals surface area contributed by atoms with E-state index in [1.165, 1.54) is 34.2 Å². The first-order valence-corrected chi connectivity index (χ1v) is 15.1. The molecule has 8 heteroatoms. The molecular weight excluding hydrogens is 514 g/mol. The Morgan fingerprint density at radius 1 is 1.21 bits per heavy atom. The highest BCUT2D eigenvalue weighted by atomic mass is 32.2. The molecule has 2 aliphatic rings. The molecule has 6 nitrogen and oxygen atoms in total. The second-order valence-electron chi connectivity index (χ2n) is 9.69. The molecule has 1 N–H and O–H groups in total. The van der Waals surface area contributed by atoms with Crippen LogP contribution in [-0.2, 0) is 35.2 Å². The Bertz CT molecular complexity index is 1380. The van der Waals surface area contributed by atoms with E-state index in [0.29, 0.717) is 32.8 Å². The lowest BCUT2D eigenvalue weighted by Gasteiger charge is -2.23. The number of hydrogen-bond acceptors (Lipinski definition) is 7. The summed E-state index contributed by atoms with van der Waals surface area (Å²) in [5, 5.41) is 13.9. The van der Waals surface area contributed by atoms with Crippen molar-refractivity contribution < 1.29 is 14.3 Å². The van der Waals surface area contributed by atoms with Crippen LogP contribution in [0.1, 0.15) is 81.7 Å². The Labute approximate surface area is 231 Å². The normalized spacial score (nSPS) is 16.2. The number of thiophene rings is 1. The van der Waals surface area contributed by atoms with Gasteiger partial charge in [0.25, 0.3) is 0 Å². The summed E-state index contributed by atoms with van der Waals surface area (Å²) in [6.07, 6.45) is 7.03. The van der Waals surface area contributed by atoms with Crippen molar-refractivity contribution in [3.05, 3.63) is 74.8 Å². The average Bonchev–Trinajstić information content (AvgIpc) is 3.30. The van der Waals surface area contributed by atoms with Gasteiger partial charge in [-0.1, -0.05) is 30.3 Å². The number of amides is 1. The predicted octanol–water partition coefficient (Wildman–Crippen LogP) is 6.46. The molecule has 0 fully saturated rings. The molecule has 0 bridgehead atoms. The minimum absolute atomic E-state index is 0.155. The van der Waals surface area contributed by atoms with Crippen LogP contribution in [0.3, 0.4) is 0 Å². The van der Waals surface area contributed by atoms with Crippen molar-refractivity contribution in [2.45, 2.75) is 69.2 Å². The maximum absolute atomic E-state index is 13.0. The first kappa shape index (κ1) is 26.5. The van der Waals surface area contributed by atoms with Gasteiger partial charge in [-0.2, -0.15) is 5.26 Å². The minimum atomic E-state index is -0.371. The topological polar surface area (TPSA) is 92.1 Å². The lowest BCUT2D eigenvalue weighted by Crippen LogP contribution is -2.17. The first-order valence-electron chi connectivity index (χ1n) is 13.3. The van der Waals surface area contributed by atoms with Crippen molar-refractivity contribution in [1.29, 1.82) is 5.26 Å². The number of nitrogens with zero attached hydrogens (tertiary/aromatic N) is 2. The van der Waals surface area contributed by atoms with Crippen LogP contribution >= 0.6 is 23.1 Å². The summed E-state index contributed by atoms with van der Waals surface area (Å²) in [6.45, 7) is 2.08. The third-order valence-corrected chi connectivity index (χ3v) is 9.39. The molecule has 0 radical (unpaired) electrons. The number of ether oxygens (including phenoxy) is 1. The highest BCUT2D eigenvalue weighted by Gasteiger charge is 2.31. The van der Waals surface area contributed by atoms with Gasteiger partial charge in [-0.25, -0.2) is 9.78 Å². The molecule has 3 aromatic rings. The molecule has 2 heterocycles. The molecule has 38 heavy (non-hydrogen) atoms. The van der Waals surface area contributed by atoms with Crippen molar-refractivity contribution in [3.8, 4) is 6.07 Å². The molecule has 0 saturated carbocycles. The summed E-state index contributed by atoms with van der Waals surface area (Å²) in [6, 6.07) is 14.7. The fraction of sp³-hybridized carbons (Fsp3) is 0.400. The minimum Gasteiger partial charge on any atom is -0.462 e. The van der Waals surface area contributed by atoms with Crippen molar-refractivity contribution in [2.75, 3.05) is 17.7 Å². The second kappa shape index (κ2) is 12.1. The molecule has 1 aromatic carbocycles. The quantitative estimate of drug-likeness (QED) is 0.258. The van der Waals surface area contributed by atoms with Crippen LogP contribution in [0.4, 0.5) is 5.00 Å². The molecule has 0 aliphatic heterocycles. The zero-order chi connectivity index (χ0) is 26.5. The van der Waals surface area contributed by atoms with Crippen molar-refractivity contribution in [2.24, 2.45) is 0 Å². The number of esters is 1. The predicted molar refractivity (Wildman–Crippen MR) is 151 cm³/mol. The van der Waals surface area contributed by atoms with Crippen molar-refractivity contribution >= 4 is 40.0 Å². The van der Waals surface area contributed by atoms with E-state index in [1.54, 1.807) is 6.92 Å². The van der Waals surface area contributed by atoms with Crippen molar-refractivity contribution in [1.82, 2.24) is 4.98 Å². The molecule has 1 unspecified atom stereocenters. The fourth-order valence-electron chi connectivity index (χ4n) is 5.34. The molecule has 1 atom stereocenters. The van der Waals surface area contributed by atoms with Crippen LogP contribution < -0.4 is 5.32 Å². The number of benzene rings is 1. The number of nitriles is 1. The Morgan fingerprint density at radius 3 is 2.82 bits per heavy atom. The van der Waals surface area contributed by atoms with E-state index in [4.69, 9.17) is 9.72 Å². The monoisotopic (exact) mass is 545 g/mol. The van der Waals surface area contributed by atoms with Gasteiger partial charge in [0.2, 0.25) is 5.91 Å². The Morgan fingerprint density at radius 2 is 2.03 bits per heavy atom. The summed E-state index contributed by atoms with van der Waals surface area (Å²) in [7, 11) is 0. The number of anilines is 1. The van der Waals surface area contributed by atoms with Gasteiger partial charge in [0.15, 0.2) is 0 Å². The van der Waals surface area contributed by atoms with Crippen LogP contribution in [0.2, 0.25) is 0 Å². The summed E-state index contributed by atoms with van der Waals surface area (Å²) >= 11 is 2.94. The third-order valence-electron chi connectivity index (χ3n) is 7.22. The molecule has 0 spiro atoms. The molecular formula is C30H31N3O3S2. The van der Waals surface area contributed by atoms with Crippen LogP contribution in [0.5, 0.6) is 0 Å². The molecule has 196 valence electrons. The summed E-state index contributed by atoms with van der Waals surface area (Å²) in [5.74, 6) is 0.376.